The number of ether oxygens (including phenoxy) is 1. The molecule has 1 aliphatic rings. The monoisotopic (exact) mass is 126 g/mol. The van der Waals surface area contributed by atoms with Crippen LogP contribution in [0.1, 0.15) is 6.92 Å². The summed E-state index contributed by atoms with van der Waals surface area (Å²) in [6, 6.07) is 0. The molecule has 0 aromatic heterocycles. The summed E-state index contributed by atoms with van der Waals surface area (Å²) < 4.78 is 4.58. The topological polar surface area (TPSA) is 49.8 Å². The van der Waals surface area contributed by atoms with Gasteiger partial charge in [-0.05, 0) is 13.0 Å². The lowest BCUT2D eigenvalue weighted by Gasteiger charge is -1.85. The van der Waals surface area contributed by atoms with E-state index in [0.29, 0.717) is 11.3 Å². The molecular weight excluding hydrogens is 120 g/mol. The summed E-state index contributed by atoms with van der Waals surface area (Å²) in [4.78, 5) is 10.1. The molecule has 1 heterocycles. The van der Waals surface area contributed by atoms with Gasteiger partial charge in [-0.25, -0.2) is 4.79 Å². The van der Waals surface area contributed by atoms with Crippen LogP contribution in [0.25, 0.3) is 0 Å². The van der Waals surface area contributed by atoms with Crippen LogP contribution >= 0.6 is 0 Å². The van der Waals surface area contributed by atoms with Gasteiger partial charge in [0.25, 0.3) is 0 Å². The highest BCUT2D eigenvalue weighted by molar-refractivity contribution is 5.86. The number of hydrogen-bond acceptors (Lipinski definition) is 2. The molecule has 0 bridgehead atoms. The van der Waals surface area contributed by atoms with Crippen LogP contribution in [-0.4, -0.2) is 11.1 Å². The molecule has 0 unspecified atom stereocenters. The number of rotatable bonds is 2. The van der Waals surface area contributed by atoms with Gasteiger partial charge in [0.2, 0.25) is 0 Å². The first-order valence-electron chi connectivity index (χ1n) is 2.48. The molecule has 0 fully saturated rings. The zero-order valence-corrected chi connectivity index (χ0v) is 4.92. The van der Waals surface area contributed by atoms with Crippen LogP contribution in [0.5, 0.6) is 0 Å². The number of carbonyl (C=O) groups is 1. The second-order valence-electron chi connectivity index (χ2n) is 1.77. The molecule has 1 N–H and O–H groups in total. The first-order valence-corrected chi connectivity index (χ1v) is 2.48. The molecule has 0 radical (unpaired) electrons. The summed E-state index contributed by atoms with van der Waals surface area (Å²) in [6.45, 7) is 1.52. The van der Waals surface area contributed by atoms with Crippen LogP contribution in [0.3, 0.4) is 0 Å². The van der Waals surface area contributed by atoms with Crippen molar-refractivity contribution < 1.29 is 14.6 Å². The van der Waals surface area contributed by atoms with Gasteiger partial charge in [-0.2, -0.15) is 0 Å². The Balaban J connectivity index is 2.57. The molecular formula is C6H6O3. The summed E-state index contributed by atoms with van der Waals surface area (Å²) in [5, 5.41) is 8.31. The van der Waals surface area contributed by atoms with Gasteiger partial charge in [0.1, 0.15) is 6.26 Å². The van der Waals surface area contributed by atoms with E-state index in [1.807, 2.05) is 0 Å². The summed E-state index contributed by atoms with van der Waals surface area (Å²) in [5.74, 6) is -0.277. The molecule has 0 saturated heterocycles. The Morgan fingerprint density at radius 3 is 2.78 bits per heavy atom. The number of hydrogen-bond donors (Lipinski definition) is 1. The van der Waals surface area contributed by atoms with Crippen molar-refractivity contribution in [1.82, 2.24) is 0 Å². The van der Waals surface area contributed by atoms with Crippen LogP contribution in [0.4, 0.5) is 0 Å². The van der Waals surface area contributed by atoms with Gasteiger partial charge in [0.05, 0.1) is 0 Å². The largest absolute Gasteiger partial charge is 0.478 e. The zero-order chi connectivity index (χ0) is 6.85. The molecule has 0 spiro atoms. The Hall–Kier alpha value is -1.25. The van der Waals surface area contributed by atoms with E-state index < -0.39 is 5.97 Å². The molecule has 3 nitrogen and oxygen atoms in total. The fourth-order valence-electron chi connectivity index (χ4n) is 0.377. The van der Waals surface area contributed by atoms with Crippen LogP contribution in [0.15, 0.2) is 23.7 Å². The molecule has 9 heavy (non-hydrogen) atoms. The molecule has 0 saturated carbocycles. The first-order chi connectivity index (χ1) is 4.20. The molecule has 0 aliphatic carbocycles. The van der Waals surface area contributed by atoms with Gasteiger partial charge in [0.15, 0.2) is 5.76 Å². The van der Waals surface area contributed by atoms with E-state index >= 15 is 0 Å². The van der Waals surface area contributed by atoms with Gasteiger partial charge in [-0.15, -0.1) is 0 Å². The smallest absolute Gasteiger partial charge is 0.331 e. The Labute approximate surface area is 52.2 Å². The molecule has 0 aromatic rings. The third-order valence-corrected chi connectivity index (χ3v) is 0.950. The van der Waals surface area contributed by atoms with Crippen molar-refractivity contribution in [2.45, 2.75) is 6.92 Å². The van der Waals surface area contributed by atoms with Gasteiger partial charge in [-0.1, -0.05) is 0 Å². The minimum Gasteiger partial charge on any atom is -0.478 e. The van der Waals surface area contributed by atoms with E-state index in [1.54, 1.807) is 0 Å². The summed E-state index contributed by atoms with van der Waals surface area (Å²) in [7, 11) is 0. The highest BCUT2D eigenvalue weighted by atomic mass is 16.5. The minimum absolute atomic E-state index is 0.291. The molecule has 1 aliphatic heterocycles. The van der Waals surface area contributed by atoms with Crippen molar-refractivity contribution in [2.24, 2.45) is 0 Å². The Morgan fingerprint density at radius 2 is 2.44 bits per heavy atom. The van der Waals surface area contributed by atoms with Crippen molar-refractivity contribution in [1.29, 1.82) is 0 Å². The van der Waals surface area contributed by atoms with E-state index in [1.165, 1.54) is 19.3 Å². The first kappa shape index (κ1) is 5.88. The number of carboxylic acid groups (broad SMARTS) is 1. The SMILES string of the molecule is C/C(=C\C1=CO1)C(=O)O. The lowest BCUT2D eigenvalue weighted by atomic mass is 10.3. The van der Waals surface area contributed by atoms with E-state index in [-0.39, 0.29) is 0 Å². The van der Waals surface area contributed by atoms with E-state index in [2.05, 4.69) is 4.74 Å². The lowest BCUT2D eigenvalue weighted by molar-refractivity contribution is -0.132. The second kappa shape index (κ2) is 1.93. The average molecular weight is 126 g/mol. The van der Waals surface area contributed by atoms with Gasteiger partial charge < -0.3 is 9.84 Å². The van der Waals surface area contributed by atoms with E-state index in [0.717, 1.165) is 0 Å². The maximum absolute atomic E-state index is 10.1. The summed E-state index contributed by atoms with van der Waals surface area (Å²) >= 11 is 0. The Bertz CT molecular complexity index is 200. The summed E-state index contributed by atoms with van der Waals surface area (Å²) in [6.07, 6.45) is 2.97. The highest BCUT2D eigenvalue weighted by Crippen LogP contribution is 2.16. The number of carboxylic acids is 1. The molecule has 0 atom stereocenters. The normalized spacial score (nSPS) is 16.1. The van der Waals surface area contributed by atoms with Crippen LogP contribution in [-0.2, 0) is 9.53 Å². The van der Waals surface area contributed by atoms with Crippen molar-refractivity contribution in [3.05, 3.63) is 23.7 Å². The minimum atomic E-state index is -0.911. The molecule has 0 aromatic carbocycles. The van der Waals surface area contributed by atoms with Crippen molar-refractivity contribution in [2.75, 3.05) is 0 Å². The number of aliphatic carboxylic acids is 1. The van der Waals surface area contributed by atoms with Crippen LogP contribution in [0, 0.1) is 0 Å². The summed E-state index contributed by atoms with van der Waals surface area (Å²) in [5.41, 5.74) is 0.291. The van der Waals surface area contributed by atoms with Gasteiger partial charge in [-0.3, -0.25) is 0 Å². The predicted octanol–water partition coefficient (Wildman–Crippen LogP) is 0.889. The van der Waals surface area contributed by atoms with Crippen molar-refractivity contribution in [3.63, 3.8) is 0 Å². The maximum Gasteiger partial charge on any atom is 0.331 e. The average Bonchev–Trinajstić information content (AvgIpc) is 2.50. The van der Waals surface area contributed by atoms with Crippen LogP contribution in [0.2, 0.25) is 0 Å². The predicted molar refractivity (Wildman–Crippen MR) is 30.6 cm³/mol. The van der Waals surface area contributed by atoms with Gasteiger partial charge in [0, 0.05) is 5.57 Å². The van der Waals surface area contributed by atoms with Gasteiger partial charge >= 0.3 is 5.97 Å². The molecule has 1 rings (SSSR count). The fourth-order valence-corrected chi connectivity index (χ4v) is 0.377. The van der Waals surface area contributed by atoms with E-state index in [4.69, 9.17) is 5.11 Å². The molecule has 0 amide bonds. The maximum atomic E-state index is 10.1. The molecule has 48 valence electrons. The number of allylic oxidation sites excluding steroid dienone is 1. The van der Waals surface area contributed by atoms with Crippen molar-refractivity contribution in [3.8, 4) is 0 Å². The molecule has 3 heteroatoms. The third-order valence-electron chi connectivity index (χ3n) is 0.950. The quantitative estimate of drug-likeness (QED) is 0.559. The Kier molecular flexibility index (Phi) is 1.26. The standard InChI is InChI=1S/C6H6O3/c1-4(6(7)8)2-5-3-9-5/h2-3H,1H3,(H,7,8)/b4-2+. The van der Waals surface area contributed by atoms with Crippen molar-refractivity contribution >= 4 is 5.97 Å². The Morgan fingerprint density at radius 1 is 1.89 bits per heavy atom. The lowest BCUT2D eigenvalue weighted by Crippen LogP contribution is -1.94. The highest BCUT2D eigenvalue weighted by Gasteiger charge is 2.08. The second-order valence-corrected chi connectivity index (χ2v) is 1.77. The zero-order valence-electron chi connectivity index (χ0n) is 4.92. The fraction of sp³-hybridized carbons (Fsp3) is 0.167. The van der Waals surface area contributed by atoms with Crippen LogP contribution < -0.4 is 0 Å². The third kappa shape index (κ3) is 1.60. The van der Waals surface area contributed by atoms with E-state index in [9.17, 15) is 4.79 Å².